The van der Waals surface area contributed by atoms with Gasteiger partial charge in [0.15, 0.2) is 0 Å². The van der Waals surface area contributed by atoms with Gasteiger partial charge in [0, 0.05) is 6.54 Å². The minimum Gasteiger partial charge on any atom is -0.465 e. The summed E-state index contributed by atoms with van der Waals surface area (Å²) < 4.78 is 31.7. The fourth-order valence-electron chi connectivity index (χ4n) is 2.36. The third kappa shape index (κ3) is 4.09. The molecule has 5 nitrogen and oxygen atoms in total. The molecule has 0 saturated heterocycles. The van der Waals surface area contributed by atoms with Crippen LogP contribution < -0.4 is 0 Å². The van der Waals surface area contributed by atoms with Crippen LogP contribution in [0, 0.1) is 0 Å². The average Bonchev–Trinajstić information content (AvgIpc) is 2.54. The van der Waals surface area contributed by atoms with Crippen LogP contribution in [0.25, 0.3) is 10.8 Å². The van der Waals surface area contributed by atoms with E-state index in [0.29, 0.717) is 6.42 Å². The number of nitrogens with zero attached hydrogens (tertiary/aromatic N) is 1. The van der Waals surface area contributed by atoms with Crippen molar-refractivity contribution in [3.8, 4) is 0 Å². The number of esters is 1. The van der Waals surface area contributed by atoms with Gasteiger partial charge in [-0.25, -0.2) is 8.42 Å². The predicted molar refractivity (Wildman–Crippen MR) is 89.6 cm³/mol. The van der Waals surface area contributed by atoms with E-state index < -0.39 is 16.0 Å². The molecule has 0 heterocycles. The lowest BCUT2D eigenvalue weighted by Gasteiger charge is -2.20. The molecule has 0 saturated carbocycles. The summed E-state index contributed by atoms with van der Waals surface area (Å²) in [6.07, 6.45) is 0.617. The highest BCUT2D eigenvalue weighted by Crippen LogP contribution is 2.22. The van der Waals surface area contributed by atoms with Gasteiger partial charge >= 0.3 is 5.97 Å². The van der Waals surface area contributed by atoms with Gasteiger partial charge in [-0.1, -0.05) is 37.3 Å². The molecular formula is C17H21NO4S. The maximum atomic E-state index is 12.8. The molecule has 0 amide bonds. The Kier molecular flexibility index (Phi) is 5.74. The third-order valence-corrected chi connectivity index (χ3v) is 5.28. The van der Waals surface area contributed by atoms with E-state index in [1.54, 1.807) is 25.1 Å². The fraction of sp³-hybridized carbons (Fsp3) is 0.353. The summed E-state index contributed by atoms with van der Waals surface area (Å²) in [5.41, 5.74) is 0. The van der Waals surface area contributed by atoms with Crippen LogP contribution in [0.1, 0.15) is 20.3 Å². The number of hydrogen-bond donors (Lipinski definition) is 0. The number of carbonyl (C=O) groups is 1. The molecule has 6 heteroatoms. The molecule has 2 aromatic carbocycles. The molecule has 124 valence electrons. The molecule has 0 aliphatic heterocycles. The van der Waals surface area contributed by atoms with Crippen molar-refractivity contribution in [1.82, 2.24) is 4.31 Å². The first-order valence-electron chi connectivity index (χ1n) is 7.63. The number of sulfonamides is 1. The lowest BCUT2D eigenvalue weighted by atomic mass is 10.1. The van der Waals surface area contributed by atoms with Gasteiger partial charge in [-0.2, -0.15) is 4.31 Å². The minimum absolute atomic E-state index is 0.189. The van der Waals surface area contributed by atoms with Gasteiger partial charge in [-0.3, -0.25) is 4.79 Å². The second kappa shape index (κ2) is 7.57. The zero-order valence-electron chi connectivity index (χ0n) is 13.4. The smallest absolute Gasteiger partial charge is 0.321 e. The van der Waals surface area contributed by atoms with Crippen LogP contribution in [-0.2, 0) is 19.6 Å². The highest BCUT2D eigenvalue weighted by molar-refractivity contribution is 7.89. The van der Waals surface area contributed by atoms with E-state index in [1.807, 2.05) is 31.2 Å². The highest BCUT2D eigenvalue weighted by atomic mass is 32.2. The maximum Gasteiger partial charge on any atom is 0.321 e. The summed E-state index contributed by atoms with van der Waals surface area (Å²) >= 11 is 0. The van der Waals surface area contributed by atoms with Crippen molar-refractivity contribution in [2.75, 3.05) is 19.7 Å². The molecule has 0 aliphatic carbocycles. The minimum atomic E-state index is -3.74. The fourth-order valence-corrected chi connectivity index (χ4v) is 3.87. The third-order valence-electron chi connectivity index (χ3n) is 3.44. The van der Waals surface area contributed by atoms with Crippen molar-refractivity contribution in [2.45, 2.75) is 25.2 Å². The maximum absolute atomic E-state index is 12.8. The second-order valence-corrected chi connectivity index (χ2v) is 7.09. The summed E-state index contributed by atoms with van der Waals surface area (Å²) in [5, 5.41) is 1.82. The molecule has 0 aromatic heterocycles. The van der Waals surface area contributed by atoms with E-state index in [-0.39, 0.29) is 24.6 Å². The van der Waals surface area contributed by atoms with Crippen molar-refractivity contribution < 1.29 is 17.9 Å². The van der Waals surface area contributed by atoms with Gasteiger partial charge < -0.3 is 4.74 Å². The van der Waals surface area contributed by atoms with Gasteiger partial charge in [-0.05, 0) is 36.2 Å². The van der Waals surface area contributed by atoms with Crippen molar-refractivity contribution >= 4 is 26.8 Å². The first-order chi connectivity index (χ1) is 11.0. The largest absolute Gasteiger partial charge is 0.465 e. The first-order valence-corrected chi connectivity index (χ1v) is 9.07. The number of rotatable bonds is 7. The normalized spacial score (nSPS) is 11.8. The van der Waals surface area contributed by atoms with E-state index in [1.165, 1.54) is 4.31 Å². The molecule has 0 N–H and O–H groups in total. The Labute approximate surface area is 136 Å². The molecule has 2 rings (SSSR count). The summed E-state index contributed by atoms with van der Waals surface area (Å²) in [5.74, 6) is -0.537. The molecule has 0 spiro atoms. The van der Waals surface area contributed by atoms with Crippen LogP contribution in [0.5, 0.6) is 0 Å². The van der Waals surface area contributed by atoms with E-state index in [9.17, 15) is 13.2 Å². The van der Waals surface area contributed by atoms with Gasteiger partial charge in [0.1, 0.15) is 6.54 Å². The number of ether oxygens (including phenoxy) is 1. The standard InChI is InChI=1S/C17H21NO4S/c1-3-11-18(13-17(19)22-4-2)23(20,21)16-10-9-14-7-5-6-8-15(14)12-16/h5-10,12H,3-4,11,13H2,1-2H3. The quantitative estimate of drug-likeness (QED) is 0.730. The molecule has 0 aliphatic rings. The van der Waals surface area contributed by atoms with Crippen LogP contribution in [0.3, 0.4) is 0 Å². The number of carbonyl (C=O) groups excluding carboxylic acids is 1. The van der Waals surface area contributed by atoms with Gasteiger partial charge in [0.2, 0.25) is 10.0 Å². The lowest BCUT2D eigenvalue weighted by molar-refractivity contribution is -0.143. The van der Waals surface area contributed by atoms with Crippen molar-refractivity contribution in [3.63, 3.8) is 0 Å². The SMILES string of the molecule is CCCN(CC(=O)OCC)S(=O)(=O)c1ccc2ccccc2c1. The molecule has 0 bridgehead atoms. The van der Waals surface area contributed by atoms with Crippen LogP contribution in [0.2, 0.25) is 0 Å². The number of fused-ring (bicyclic) bond motifs is 1. The van der Waals surface area contributed by atoms with Crippen LogP contribution in [0.4, 0.5) is 0 Å². The van der Waals surface area contributed by atoms with E-state index in [2.05, 4.69) is 0 Å². The van der Waals surface area contributed by atoms with E-state index in [0.717, 1.165) is 10.8 Å². The lowest BCUT2D eigenvalue weighted by Crippen LogP contribution is -2.37. The molecule has 0 unspecified atom stereocenters. The summed E-state index contributed by atoms with van der Waals surface area (Å²) in [6.45, 7) is 3.80. The average molecular weight is 335 g/mol. The topological polar surface area (TPSA) is 63.7 Å². The van der Waals surface area contributed by atoms with Crippen molar-refractivity contribution in [3.05, 3.63) is 42.5 Å². The monoisotopic (exact) mass is 335 g/mol. The van der Waals surface area contributed by atoms with Gasteiger partial charge in [0.05, 0.1) is 11.5 Å². The van der Waals surface area contributed by atoms with E-state index in [4.69, 9.17) is 4.74 Å². The first kappa shape index (κ1) is 17.4. The molecule has 2 aromatic rings. The van der Waals surface area contributed by atoms with Gasteiger partial charge in [0.25, 0.3) is 0 Å². The molecule has 23 heavy (non-hydrogen) atoms. The Morgan fingerprint density at radius 2 is 1.78 bits per heavy atom. The molecule has 0 atom stereocenters. The van der Waals surface area contributed by atoms with Crippen molar-refractivity contribution in [1.29, 1.82) is 0 Å². The summed E-state index contributed by atoms with van der Waals surface area (Å²) in [4.78, 5) is 11.9. The zero-order valence-corrected chi connectivity index (χ0v) is 14.2. The van der Waals surface area contributed by atoms with E-state index >= 15 is 0 Å². The number of hydrogen-bond acceptors (Lipinski definition) is 4. The Balaban J connectivity index is 2.36. The summed E-state index contributed by atoms with van der Waals surface area (Å²) in [7, 11) is -3.74. The molecule has 0 radical (unpaired) electrons. The Morgan fingerprint density at radius 1 is 1.09 bits per heavy atom. The zero-order chi connectivity index (χ0) is 16.9. The summed E-state index contributed by atoms with van der Waals surface area (Å²) in [6, 6.07) is 12.5. The van der Waals surface area contributed by atoms with Crippen LogP contribution in [-0.4, -0.2) is 38.4 Å². The Hall–Kier alpha value is -1.92. The highest BCUT2D eigenvalue weighted by Gasteiger charge is 2.26. The van der Waals surface area contributed by atoms with Crippen LogP contribution >= 0.6 is 0 Å². The van der Waals surface area contributed by atoms with Gasteiger partial charge in [-0.15, -0.1) is 0 Å². The molecule has 0 fully saturated rings. The van der Waals surface area contributed by atoms with Crippen LogP contribution in [0.15, 0.2) is 47.4 Å². The molecular weight excluding hydrogens is 314 g/mol. The Morgan fingerprint density at radius 3 is 2.43 bits per heavy atom. The Bertz CT molecular complexity index is 786. The van der Waals surface area contributed by atoms with Crippen molar-refractivity contribution in [2.24, 2.45) is 0 Å². The number of benzene rings is 2. The second-order valence-electron chi connectivity index (χ2n) is 5.15. The predicted octanol–water partition coefficient (Wildman–Crippen LogP) is 2.80.